The molecule has 0 radical (unpaired) electrons. The Kier molecular flexibility index (Phi) is 5.24. The van der Waals surface area contributed by atoms with E-state index >= 15 is 0 Å². The van der Waals surface area contributed by atoms with E-state index in [0.29, 0.717) is 0 Å². The van der Waals surface area contributed by atoms with Crippen molar-refractivity contribution in [1.82, 2.24) is 5.32 Å². The fourth-order valence-corrected chi connectivity index (χ4v) is 1.79. The van der Waals surface area contributed by atoms with Crippen molar-refractivity contribution in [2.75, 3.05) is 13.1 Å². The van der Waals surface area contributed by atoms with Gasteiger partial charge in [-0.1, -0.05) is 32.9 Å². The molecule has 0 aliphatic heterocycles. The lowest BCUT2D eigenvalue weighted by atomic mass is 9.93. The minimum absolute atomic E-state index is 0.800. The van der Waals surface area contributed by atoms with Crippen molar-refractivity contribution in [1.29, 1.82) is 0 Å². The molecule has 0 saturated carbocycles. The van der Waals surface area contributed by atoms with E-state index in [-0.39, 0.29) is 0 Å². The van der Waals surface area contributed by atoms with Gasteiger partial charge in [-0.05, 0) is 50.1 Å². The van der Waals surface area contributed by atoms with Gasteiger partial charge < -0.3 is 5.32 Å². The van der Waals surface area contributed by atoms with Crippen molar-refractivity contribution in [2.45, 2.75) is 40.0 Å². The van der Waals surface area contributed by atoms with Crippen LogP contribution >= 0.6 is 0 Å². The minimum Gasteiger partial charge on any atom is -0.316 e. The summed E-state index contributed by atoms with van der Waals surface area (Å²) in [7, 11) is 0. The Balaban J connectivity index is 2.06. The maximum absolute atomic E-state index is 3.60. The molecule has 1 aliphatic rings. The minimum atomic E-state index is 0.800. The molecule has 0 aromatic heterocycles. The second-order valence-electron chi connectivity index (χ2n) is 5.03. The van der Waals surface area contributed by atoms with E-state index in [2.05, 4.69) is 38.2 Å². The molecule has 2 atom stereocenters. The van der Waals surface area contributed by atoms with Gasteiger partial charge in [-0.3, -0.25) is 0 Å². The fraction of sp³-hybridized carbons (Fsp3) is 0.846. The first-order valence-electron chi connectivity index (χ1n) is 6.06. The molecule has 0 spiro atoms. The van der Waals surface area contributed by atoms with Crippen LogP contribution in [0.15, 0.2) is 12.2 Å². The third-order valence-corrected chi connectivity index (χ3v) is 3.42. The standard InChI is InChI=1S/C13H25N/c1-11(2)12(3)9-14-10-13-7-5-4-6-8-13/h4-5,11-14H,6-10H2,1-3H3. The second-order valence-corrected chi connectivity index (χ2v) is 5.03. The van der Waals surface area contributed by atoms with E-state index in [9.17, 15) is 0 Å². The quantitative estimate of drug-likeness (QED) is 0.664. The SMILES string of the molecule is CC(C)C(C)CNCC1CC=CCC1. The van der Waals surface area contributed by atoms with Gasteiger partial charge in [-0.2, -0.15) is 0 Å². The monoisotopic (exact) mass is 195 g/mol. The molecular formula is C13H25N. The topological polar surface area (TPSA) is 12.0 Å². The van der Waals surface area contributed by atoms with Crippen molar-refractivity contribution in [3.8, 4) is 0 Å². The number of rotatable bonds is 5. The molecule has 0 amide bonds. The molecule has 1 N–H and O–H groups in total. The molecule has 0 aromatic carbocycles. The Morgan fingerprint density at radius 2 is 2.07 bits per heavy atom. The van der Waals surface area contributed by atoms with Gasteiger partial charge in [-0.15, -0.1) is 0 Å². The first-order chi connectivity index (χ1) is 6.70. The summed E-state index contributed by atoms with van der Waals surface area (Å²) in [6.07, 6.45) is 8.59. The lowest BCUT2D eigenvalue weighted by molar-refractivity contribution is 0.364. The molecular weight excluding hydrogens is 170 g/mol. The van der Waals surface area contributed by atoms with Crippen LogP contribution in [0.5, 0.6) is 0 Å². The summed E-state index contributed by atoms with van der Waals surface area (Å²) in [4.78, 5) is 0. The number of hydrogen-bond donors (Lipinski definition) is 1. The van der Waals surface area contributed by atoms with Crippen LogP contribution in [-0.2, 0) is 0 Å². The summed E-state index contributed by atoms with van der Waals surface area (Å²) in [6, 6.07) is 0. The van der Waals surface area contributed by atoms with Gasteiger partial charge in [-0.25, -0.2) is 0 Å². The van der Waals surface area contributed by atoms with Gasteiger partial charge in [0.25, 0.3) is 0 Å². The van der Waals surface area contributed by atoms with Crippen LogP contribution in [0.3, 0.4) is 0 Å². The van der Waals surface area contributed by atoms with Crippen LogP contribution in [0.1, 0.15) is 40.0 Å². The fourth-order valence-electron chi connectivity index (χ4n) is 1.79. The van der Waals surface area contributed by atoms with Gasteiger partial charge in [0.1, 0.15) is 0 Å². The third-order valence-electron chi connectivity index (χ3n) is 3.42. The smallest absolute Gasteiger partial charge is 0.00173 e. The van der Waals surface area contributed by atoms with E-state index in [1.807, 2.05) is 0 Å². The molecule has 0 heterocycles. The highest BCUT2D eigenvalue weighted by Crippen LogP contribution is 2.17. The lowest BCUT2D eigenvalue weighted by Crippen LogP contribution is -2.29. The molecule has 2 unspecified atom stereocenters. The summed E-state index contributed by atoms with van der Waals surface area (Å²) in [5, 5.41) is 3.60. The van der Waals surface area contributed by atoms with E-state index in [4.69, 9.17) is 0 Å². The first-order valence-corrected chi connectivity index (χ1v) is 6.06. The van der Waals surface area contributed by atoms with Crippen molar-refractivity contribution >= 4 is 0 Å². The zero-order valence-corrected chi connectivity index (χ0v) is 9.92. The van der Waals surface area contributed by atoms with Gasteiger partial charge in [0.15, 0.2) is 0 Å². The molecule has 14 heavy (non-hydrogen) atoms. The third kappa shape index (κ3) is 4.28. The molecule has 0 bridgehead atoms. The Labute approximate surface area is 89.0 Å². The summed E-state index contributed by atoms with van der Waals surface area (Å²) < 4.78 is 0. The molecule has 82 valence electrons. The van der Waals surface area contributed by atoms with Gasteiger partial charge >= 0.3 is 0 Å². The Morgan fingerprint density at radius 3 is 2.64 bits per heavy atom. The summed E-state index contributed by atoms with van der Waals surface area (Å²) in [5.74, 6) is 2.49. The molecule has 0 saturated heterocycles. The maximum atomic E-state index is 3.60. The van der Waals surface area contributed by atoms with Crippen LogP contribution in [0.25, 0.3) is 0 Å². The average molecular weight is 195 g/mol. The van der Waals surface area contributed by atoms with Crippen LogP contribution in [0.2, 0.25) is 0 Å². The normalized spacial score (nSPS) is 24.1. The zero-order chi connectivity index (χ0) is 10.4. The Bertz CT molecular complexity index is 172. The van der Waals surface area contributed by atoms with Gasteiger partial charge in [0.05, 0.1) is 0 Å². The molecule has 0 fully saturated rings. The summed E-state index contributed by atoms with van der Waals surface area (Å²) in [5.41, 5.74) is 0. The number of hydrogen-bond acceptors (Lipinski definition) is 1. The molecule has 1 heteroatoms. The molecule has 1 aliphatic carbocycles. The highest BCUT2D eigenvalue weighted by molar-refractivity contribution is 4.90. The number of allylic oxidation sites excluding steroid dienone is 2. The van der Waals surface area contributed by atoms with Crippen LogP contribution in [0, 0.1) is 17.8 Å². The number of nitrogens with one attached hydrogen (secondary N) is 1. The van der Waals surface area contributed by atoms with Crippen molar-refractivity contribution < 1.29 is 0 Å². The largest absolute Gasteiger partial charge is 0.316 e. The second kappa shape index (κ2) is 6.23. The van der Waals surface area contributed by atoms with Crippen molar-refractivity contribution in [3.63, 3.8) is 0 Å². The predicted molar refractivity (Wildman–Crippen MR) is 63.4 cm³/mol. The molecule has 1 nitrogen and oxygen atoms in total. The van der Waals surface area contributed by atoms with E-state index in [0.717, 1.165) is 17.8 Å². The summed E-state index contributed by atoms with van der Waals surface area (Å²) in [6.45, 7) is 9.32. The maximum Gasteiger partial charge on any atom is -0.00173 e. The zero-order valence-electron chi connectivity index (χ0n) is 9.92. The van der Waals surface area contributed by atoms with Crippen LogP contribution in [0.4, 0.5) is 0 Å². The van der Waals surface area contributed by atoms with Crippen molar-refractivity contribution in [3.05, 3.63) is 12.2 Å². The Hall–Kier alpha value is -0.300. The highest BCUT2D eigenvalue weighted by Gasteiger charge is 2.11. The van der Waals surface area contributed by atoms with Gasteiger partial charge in [0.2, 0.25) is 0 Å². The summed E-state index contributed by atoms with van der Waals surface area (Å²) >= 11 is 0. The van der Waals surface area contributed by atoms with Crippen molar-refractivity contribution in [2.24, 2.45) is 17.8 Å². The van der Waals surface area contributed by atoms with E-state index in [1.165, 1.54) is 32.4 Å². The van der Waals surface area contributed by atoms with E-state index < -0.39 is 0 Å². The molecule has 0 aromatic rings. The van der Waals surface area contributed by atoms with Gasteiger partial charge in [0, 0.05) is 0 Å². The molecule has 1 rings (SSSR count). The predicted octanol–water partition coefficient (Wildman–Crippen LogP) is 3.22. The highest BCUT2D eigenvalue weighted by atomic mass is 14.9. The van der Waals surface area contributed by atoms with Crippen LogP contribution in [-0.4, -0.2) is 13.1 Å². The first kappa shape index (κ1) is 11.8. The Morgan fingerprint density at radius 1 is 1.29 bits per heavy atom. The van der Waals surface area contributed by atoms with Crippen LogP contribution < -0.4 is 5.32 Å². The lowest BCUT2D eigenvalue weighted by Gasteiger charge is -2.21. The van der Waals surface area contributed by atoms with E-state index in [1.54, 1.807) is 0 Å². The average Bonchev–Trinajstić information content (AvgIpc) is 2.19.